The Morgan fingerprint density at radius 1 is 1.50 bits per heavy atom. The zero-order valence-corrected chi connectivity index (χ0v) is 11.0. The van der Waals surface area contributed by atoms with Gasteiger partial charge in [-0.05, 0) is 32.1 Å². The zero-order chi connectivity index (χ0) is 12.0. The van der Waals surface area contributed by atoms with Gasteiger partial charge in [-0.3, -0.25) is 0 Å². The average Bonchev–Trinajstić information content (AvgIpc) is 2.72. The molecule has 96 valence electrons. The second kappa shape index (κ2) is 6.58. The summed E-state index contributed by atoms with van der Waals surface area (Å²) in [6, 6.07) is 0.492. The van der Waals surface area contributed by atoms with E-state index in [1.807, 2.05) is 6.92 Å². The van der Waals surface area contributed by atoms with Crippen LogP contribution in [0.25, 0.3) is 0 Å². The van der Waals surface area contributed by atoms with Gasteiger partial charge in [0.15, 0.2) is 0 Å². The summed E-state index contributed by atoms with van der Waals surface area (Å²) < 4.78 is 5.42. The van der Waals surface area contributed by atoms with E-state index >= 15 is 0 Å². The van der Waals surface area contributed by atoms with Gasteiger partial charge in [0.1, 0.15) is 0 Å². The van der Waals surface area contributed by atoms with Crippen molar-refractivity contribution >= 4 is 0 Å². The van der Waals surface area contributed by atoms with Crippen LogP contribution in [0.4, 0.5) is 0 Å². The molecule has 1 fully saturated rings. The summed E-state index contributed by atoms with van der Waals surface area (Å²) >= 11 is 0. The molecule has 3 nitrogen and oxygen atoms in total. The summed E-state index contributed by atoms with van der Waals surface area (Å²) in [5.74, 6) is 0.627. The molecule has 0 aliphatic carbocycles. The molecule has 0 aromatic heterocycles. The fraction of sp³-hybridized carbons (Fsp3) is 1.00. The Hall–Kier alpha value is -0.120. The minimum atomic E-state index is -0.568. The highest BCUT2D eigenvalue weighted by Gasteiger charge is 2.26. The van der Waals surface area contributed by atoms with E-state index in [1.54, 1.807) is 0 Å². The Morgan fingerprint density at radius 2 is 2.25 bits per heavy atom. The molecule has 0 saturated carbocycles. The van der Waals surface area contributed by atoms with Gasteiger partial charge in [-0.25, -0.2) is 0 Å². The second-order valence-electron chi connectivity index (χ2n) is 5.27. The van der Waals surface area contributed by atoms with Crippen molar-refractivity contribution in [2.75, 3.05) is 19.8 Å². The van der Waals surface area contributed by atoms with Gasteiger partial charge in [0.05, 0.1) is 12.2 Å². The molecule has 3 atom stereocenters. The van der Waals surface area contributed by atoms with E-state index in [9.17, 15) is 5.11 Å². The number of hydrogen-bond acceptors (Lipinski definition) is 3. The van der Waals surface area contributed by atoms with Gasteiger partial charge in [0.2, 0.25) is 0 Å². The number of aliphatic hydroxyl groups is 1. The third kappa shape index (κ3) is 4.40. The largest absolute Gasteiger partial charge is 0.389 e. The monoisotopic (exact) mass is 229 g/mol. The molecule has 0 spiro atoms. The van der Waals surface area contributed by atoms with Gasteiger partial charge in [0.25, 0.3) is 0 Å². The molecule has 1 aliphatic rings. The van der Waals surface area contributed by atoms with Crippen LogP contribution in [-0.4, -0.2) is 36.5 Å². The number of nitrogens with one attached hydrogen (secondary N) is 1. The van der Waals surface area contributed by atoms with Crippen LogP contribution >= 0.6 is 0 Å². The van der Waals surface area contributed by atoms with E-state index in [0.29, 0.717) is 18.5 Å². The molecule has 16 heavy (non-hydrogen) atoms. The Bertz CT molecular complexity index is 188. The lowest BCUT2D eigenvalue weighted by Crippen LogP contribution is -2.45. The predicted molar refractivity (Wildman–Crippen MR) is 66.5 cm³/mol. The predicted octanol–water partition coefficient (Wildman–Crippen LogP) is 1.94. The van der Waals surface area contributed by atoms with E-state index < -0.39 is 5.60 Å². The molecule has 3 heteroatoms. The molecule has 2 N–H and O–H groups in total. The van der Waals surface area contributed by atoms with E-state index in [4.69, 9.17) is 4.74 Å². The number of hydrogen-bond donors (Lipinski definition) is 2. The van der Waals surface area contributed by atoms with Crippen LogP contribution in [0.15, 0.2) is 0 Å². The Kier molecular flexibility index (Phi) is 5.73. The normalized spacial score (nSPS) is 26.6. The summed E-state index contributed by atoms with van der Waals surface area (Å²) in [5.41, 5.74) is -0.568. The average molecular weight is 229 g/mol. The van der Waals surface area contributed by atoms with Crippen LogP contribution in [-0.2, 0) is 4.74 Å². The Labute approximate surface area is 99.6 Å². The first kappa shape index (κ1) is 13.9. The van der Waals surface area contributed by atoms with Crippen LogP contribution in [0, 0.1) is 5.92 Å². The lowest BCUT2D eigenvalue weighted by atomic mass is 9.94. The van der Waals surface area contributed by atoms with E-state index in [0.717, 1.165) is 38.9 Å². The van der Waals surface area contributed by atoms with Crippen molar-refractivity contribution in [3.05, 3.63) is 0 Å². The van der Waals surface area contributed by atoms with Gasteiger partial charge in [-0.2, -0.15) is 0 Å². The first-order valence-electron chi connectivity index (χ1n) is 6.62. The quantitative estimate of drug-likeness (QED) is 0.701. The van der Waals surface area contributed by atoms with Crippen molar-refractivity contribution < 1.29 is 9.84 Å². The third-order valence-electron chi connectivity index (χ3n) is 3.51. The van der Waals surface area contributed by atoms with E-state index in [1.165, 1.54) is 0 Å². The van der Waals surface area contributed by atoms with Crippen molar-refractivity contribution in [2.24, 2.45) is 5.92 Å². The maximum atomic E-state index is 10.1. The SMILES string of the molecule is CCCC(C)(O)CNC(CC)C1CCOC1. The van der Waals surface area contributed by atoms with Gasteiger partial charge in [-0.1, -0.05) is 20.3 Å². The van der Waals surface area contributed by atoms with Crippen molar-refractivity contribution in [3.63, 3.8) is 0 Å². The fourth-order valence-corrected chi connectivity index (χ4v) is 2.49. The topological polar surface area (TPSA) is 41.5 Å². The van der Waals surface area contributed by atoms with Gasteiger partial charge >= 0.3 is 0 Å². The van der Waals surface area contributed by atoms with Crippen LogP contribution in [0.2, 0.25) is 0 Å². The minimum Gasteiger partial charge on any atom is -0.389 e. The fourth-order valence-electron chi connectivity index (χ4n) is 2.49. The lowest BCUT2D eigenvalue weighted by Gasteiger charge is -2.29. The van der Waals surface area contributed by atoms with Crippen LogP contribution in [0.3, 0.4) is 0 Å². The molecule has 1 saturated heterocycles. The van der Waals surface area contributed by atoms with Crippen LogP contribution in [0.5, 0.6) is 0 Å². The number of rotatable bonds is 7. The highest BCUT2D eigenvalue weighted by atomic mass is 16.5. The summed E-state index contributed by atoms with van der Waals surface area (Å²) in [5, 5.41) is 13.6. The molecule has 0 radical (unpaired) electrons. The van der Waals surface area contributed by atoms with Crippen molar-refractivity contribution in [1.82, 2.24) is 5.32 Å². The summed E-state index contributed by atoms with van der Waals surface area (Å²) in [4.78, 5) is 0. The van der Waals surface area contributed by atoms with E-state index in [2.05, 4.69) is 19.2 Å². The van der Waals surface area contributed by atoms with Gasteiger partial charge < -0.3 is 15.2 Å². The standard InChI is InChI=1S/C13H27NO2/c1-4-7-13(3,15)10-14-12(5-2)11-6-8-16-9-11/h11-12,14-15H,4-10H2,1-3H3. The molecule has 1 aliphatic heterocycles. The third-order valence-corrected chi connectivity index (χ3v) is 3.51. The highest BCUT2D eigenvalue weighted by Crippen LogP contribution is 2.20. The lowest BCUT2D eigenvalue weighted by molar-refractivity contribution is 0.0441. The second-order valence-corrected chi connectivity index (χ2v) is 5.27. The first-order valence-corrected chi connectivity index (χ1v) is 6.62. The van der Waals surface area contributed by atoms with E-state index in [-0.39, 0.29) is 0 Å². The molecule has 1 heterocycles. The van der Waals surface area contributed by atoms with Crippen LogP contribution in [0.1, 0.15) is 46.5 Å². The van der Waals surface area contributed by atoms with Gasteiger partial charge in [0, 0.05) is 19.2 Å². The Morgan fingerprint density at radius 3 is 2.75 bits per heavy atom. The van der Waals surface area contributed by atoms with Crippen molar-refractivity contribution in [1.29, 1.82) is 0 Å². The molecular formula is C13H27NO2. The highest BCUT2D eigenvalue weighted by molar-refractivity contribution is 4.82. The smallest absolute Gasteiger partial charge is 0.0743 e. The maximum absolute atomic E-state index is 10.1. The molecule has 3 unspecified atom stereocenters. The van der Waals surface area contributed by atoms with Crippen molar-refractivity contribution in [3.8, 4) is 0 Å². The summed E-state index contributed by atoms with van der Waals surface area (Å²) in [6.45, 7) is 8.69. The zero-order valence-electron chi connectivity index (χ0n) is 11.0. The molecule has 0 aromatic carbocycles. The maximum Gasteiger partial charge on any atom is 0.0743 e. The molecule has 0 aromatic rings. The summed E-state index contributed by atoms with van der Waals surface area (Å²) in [6.07, 6.45) is 4.15. The van der Waals surface area contributed by atoms with Crippen LogP contribution < -0.4 is 5.32 Å². The number of ether oxygens (including phenoxy) is 1. The first-order chi connectivity index (χ1) is 7.59. The molecule has 0 amide bonds. The van der Waals surface area contributed by atoms with Crippen molar-refractivity contribution in [2.45, 2.75) is 58.1 Å². The summed E-state index contributed by atoms with van der Waals surface area (Å²) in [7, 11) is 0. The molecule has 1 rings (SSSR count). The Balaban J connectivity index is 2.32. The minimum absolute atomic E-state index is 0.492. The molecular weight excluding hydrogens is 202 g/mol. The van der Waals surface area contributed by atoms with Gasteiger partial charge in [-0.15, -0.1) is 0 Å². The molecule has 0 bridgehead atoms.